The Kier molecular flexibility index (Phi) is 5.52. The molecule has 1 aliphatic rings. The number of nitrogens with zero attached hydrogens (tertiary/aromatic N) is 1. The van der Waals surface area contributed by atoms with Crippen molar-refractivity contribution >= 4 is 34.5 Å². The predicted molar refractivity (Wildman–Crippen MR) is 96.0 cm³/mol. The zero-order chi connectivity index (χ0) is 16.2. The summed E-state index contributed by atoms with van der Waals surface area (Å²) in [6.07, 6.45) is 5.65. The molecule has 0 bridgehead atoms. The number of hydrogen-bond donors (Lipinski definition) is 2. The highest BCUT2D eigenvalue weighted by atomic mass is 127. The predicted octanol–water partition coefficient (Wildman–Crippen LogP) is 3.94. The van der Waals surface area contributed by atoms with Gasteiger partial charge in [-0.25, -0.2) is 9.78 Å². The van der Waals surface area contributed by atoms with E-state index in [1.165, 1.54) is 0 Å². The fourth-order valence-electron chi connectivity index (χ4n) is 2.66. The first-order valence-corrected chi connectivity index (χ1v) is 8.73. The van der Waals surface area contributed by atoms with Gasteiger partial charge in [0.15, 0.2) is 0 Å². The first-order chi connectivity index (χ1) is 10.3. The molecule has 1 saturated carbocycles. The third kappa shape index (κ3) is 5.30. The van der Waals surface area contributed by atoms with E-state index >= 15 is 0 Å². The van der Waals surface area contributed by atoms with Crippen molar-refractivity contribution in [2.24, 2.45) is 0 Å². The number of halogens is 1. The SMILES string of the molecule is CC(C)(C)OC(=O)NC1(CNc2ccc(I)cn2)CCCC1. The molecule has 22 heavy (non-hydrogen) atoms. The number of aromatic nitrogens is 1. The van der Waals surface area contributed by atoms with E-state index in [2.05, 4.69) is 38.2 Å². The number of anilines is 1. The van der Waals surface area contributed by atoms with E-state index in [9.17, 15) is 4.79 Å². The van der Waals surface area contributed by atoms with Crippen LogP contribution < -0.4 is 10.6 Å². The first kappa shape index (κ1) is 17.3. The van der Waals surface area contributed by atoms with Gasteiger partial charge in [-0.15, -0.1) is 0 Å². The maximum atomic E-state index is 12.1. The number of ether oxygens (including phenoxy) is 1. The van der Waals surface area contributed by atoms with Crippen LogP contribution in [0.2, 0.25) is 0 Å². The molecule has 1 aromatic rings. The van der Waals surface area contributed by atoms with E-state index in [-0.39, 0.29) is 11.6 Å². The van der Waals surface area contributed by atoms with E-state index in [1.54, 1.807) is 0 Å². The van der Waals surface area contributed by atoms with Crippen LogP contribution in [0.25, 0.3) is 0 Å². The van der Waals surface area contributed by atoms with Crippen LogP contribution in [-0.4, -0.2) is 28.8 Å². The van der Waals surface area contributed by atoms with Gasteiger partial charge in [0.1, 0.15) is 11.4 Å². The van der Waals surface area contributed by atoms with Gasteiger partial charge in [0.25, 0.3) is 0 Å². The highest BCUT2D eigenvalue weighted by molar-refractivity contribution is 14.1. The molecule has 0 atom stereocenters. The van der Waals surface area contributed by atoms with E-state index in [1.807, 2.05) is 39.1 Å². The number of pyridine rings is 1. The van der Waals surface area contributed by atoms with Gasteiger partial charge in [-0.05, 0) is 68.3 Å². The maximum absolute atomic E-state index is 12.1. The lowest BCUT2D eigenvalue weighted by Crippen LogP contribution is -2.52. The summed E-state index contributed by atoms with van der Waals surface area (Å²) in [5.41, 5.74) is -0.720. The zero-order valence-corrected chi connectivity index (χ0v) is 15.6. The second-order valence-corrected chi connectivity index (χ2v) is 8.08. The van der Waals surface area contributed by atoms with Crippen molar-refractivity contribution in [3.8, 4) is 0 Å². The van der Waals surface area contributed by atoms with Gasteiger partial charge in [0, 0.05) is 16.3 Å². The molecule has 1 amide bonds. The summed E-state index contributed by atoms with van der Waals surface area (Å²) in [4.78, 5) is 16.4. The second-order valence-electron chi connectivity index (χ2n) is 6.83. The van der Waals surface area contributed by atoms with Gasteiger partial charge in [-0.1, -0.05) is 12.8 Å². The molecule has 122 valence electrons. The molecule has 6 heteroatoms. The Morgan fingerprint density at radius 1 is 1.36 bits per heavy atom. The summed E-state index contributed by atoms with van der Waals surface area (Å²) in [6, 6.07) is 3.97. The van der Waals surface area contributed by atoms with Crippen LogP contribution in [0.15, 0.2) is 18.3 Å². The summed E-state index contributed by atoms with van der Waals surface area (Å²) in [5.74, 6) is 0.831. The number of hydrogen-bond acceptors (Lipinski definition) is 4. The van der Waals surface area contributed by atoms with Crippen LogP contribution in [0.4, 0.5) is 10.6 Å². The first-order valence-electron chi connectivity index (χ1n) is 7.65. The summed E-state index contributed by atoms with van der Waals surface area (Å²) in [6.45, 7) is 6.30. The monoisotopic (exact) mass is 417 g/mol. The molecule has 0 unspecified atom stereocenters. The van der Waals surface area contributed by atoms with Crippen LogP contribution in [0.3, 0.4) is 0 Å². The Morgan fingerprint density at radius 2 is 2.05 bits per heavy atom. The van der Waals surface area contributed by atoms with E-state index in [4.69, 9.17) is 4.74 Å². The molecule has 0 spiro atoms. The average molecular weight is 417 g/mol. The molecular weight excluding hydrogens is 393 g/mol. The standard InChI is InChI=1S/C16H24IN3O2/c1-15(2,3)22-14(21)20-16(8-4-5-9-16)11-19-13-7-6-12(17)10-18-13/h6-7,10H,4-5,8-9,11H2,1-3H3,(H,18,19)(H,20,21). The van der Waals surface area contributed by atoms with Crippen molar-refractivity contribution in [2.75, 3.05) is 11.9 Å². The van der Waals surface area contributed by atoms with E-state index < -0.39 is 5.60 Å². The highest BCUT2D eigenvalue weighted by Gasteiger charge is 2.36. The quantitative estimate of drug-likeness (QED) is 0.729. The van der Waals surface area contributed by atoms with Crippen molar-refractivity contribution in [2.45, 2.75) is 57.6 Å². The Hall–Kier alpha value is -1.05. The molecule has 2 N–H and O–H groups in total. The minimum atomic E-state index is -0.477. The Morgan fingerprint density at radius 3 is 2.59 bits per heavy atom. The zero-order valence-electron chi connectivity index (χ0n) is 13.4. The minimum absolute atomic E-state index is 0.243. The van der Waals surface area contributed by atoms with Crippen molar-refractivity contribution in [1.82, 2.24) is 10.3 Å². The molecular formula is C16H24IN3O2. The van der Waals surface area contributed by atoms with Crippen LogP contribution in [0.1, 0.15) is 46.5 Å². The molecule has 2 rings (SSSR count). The Balaban J connectivity index is 1.96. The topological polar surface area (TPSA) is 63.2 Å². The van der Waals surface area contributed by atoms with Gasteiger partial charge in [0.05, 0.1) is 5.54 Å². The molecule has 5 nitrogen and oxygen atoms in total. The maximum Gasteiger partial charge on any atom is 0.408 e. The normalized spacial score (nSPS) is 17.1. The van der Waals surface area contributed by atoms with Crippen molar-refractivity contribution in [1.29, 1.82) is 0 Å². The molecule has 1 aromatic heterocycles. The van der Waals surface area contributed by atoms with Gasteiger partial charge < -0.3 is 15.4 Å². The molecule has 1 fully saturated rings. The smallest absolute Gasteiger partial charge is 0.408 e. The minimum Gasteiger partial charge on any atom is -0.444 e. The molecule has 0 saturated heterocycles. The number of nitrogens with one attached hydrogen (secondary N) is 2. The number of carbonyl (C=O) groups is 1. The lowest BCUT2D eigenvalue weighted by molar-refractivity contribution is 0.0463. The van der Waals surface area contributed by atoms with Crippen LogP contribution >= 0.6 is 22.6 Å². The third-order valence-electron chi connectivity index (χ3n) is 3.66. The second kappa shape index (κ2) is 7.02. The van der Waals surface area contributed by atoms with Crippen molar-refractivity contribution in [3.05, 3.63) is 21.9 Å². The third-order valence-corrected chi connectivity index (χ3v) is 4.30. The fraction of sp³-hybridized carbons (Fsp3) is 0.625. The molecule has 1 heterocycles. The van der Waals surface area contributed by atoms with Gasteiger partial charge in [-0.3, -0.25) is 0 Å². The van der Waals surface area contributed by atoms with Crippen LogP contribution in [-0.2, 0) is 4.74 Å². The Bertz CT molecular complexity index is 505. The summed E-state index contributed by atoms with van der Waals surface area (Å²) in [7, 11) is 0. The van der Waals surface area contributed by atoms with Crippen LogP contribution in [0, 0.1) is 3.57 Å². The van der Waals surface area contributed by atoms with E-state index in [0.29, 0.717) is 6.54 Å². The molecule has 0 radical (unpaired) electrons. The number of alkyl carbamates (subject to hydrolysis) is 1. The molecule has 0 aromatic carbocycles. The average Bonchev–Trinajstić information content (AvgIpc) is 2.84. The Labute approximate surface area is 145 Å². The van der Waals surface area contributed by atoms with Crippen molar-refractivity contribution in [3.63, 3.8) is 0 Å². The lowest BCUT2D eigenvalue weighted by Gasteiger charge is -2.32. The van der Waals surface area contributed by atoms with Gasteiger partial charge in [0.2, 0.25) is 0 Å². The lowest BCUT2D eigenvalue weighted by atomic mass is 9.98. The van der Waals surface area contributed by atoms with E-state index in [0.717, 1.165) is 35.1 Å². The number of amides is 1. The number of carbonyl (C=O) groups excluding carboxylic acids is 1. The van der Waals surface area contributed by atoms with Gasteiger partial charge >= 0.3 is 6.09 Å². The van der Waals surface area contributed by atoms with Gasteiger partial charge in [-0.2, -0.15) is 0 Å². The largest absolute Gasteiger partial charge is 0.444 e. The summed E-state index contributed by atoms with van der Waals surface area (Å²) >= 11 is 2.23. The van der Waals surface area contributed by atoms with Crippen LogP contribution in [0.5, 0.6) is 0 Å². The number of rotatable bonds is 4. The van der Waals surface area contributed by atoms with Crippen molar-refractivity contribution < 1.29 is 9.53 Å². The highest BCUT2D eigenvalue weighted by Crippen LogP contribution is 2.30. The summed E-state index contributed by atoms with van der Waals surface area (Å²) in [5, 5.41) is 6.42. The molecule has 1 aliphatic carbocycles. The summed E-state index contributed by atoms with van der Waals surface area (Å²) < 4.78 is 6.50. The fourth-order valence-corrected chi connectivity index (χ4v) is 2.98. The molecule has 0 aliphatic heterocycles.